The monoisotopic (exact) mass is 182 g/mol. The van der Waals surface area contributed by atoms with Crippen LogP contribution in [0.2, 0.25) is 0 Å². The van der Waals surface area contributed by atoms with Gasteiger partial charge in [0.05, 0.1) is 6.10 Å². The van der Waals surface area contributed by atoms with Crippen LogP contribution >= 0.6 is 0 Å². The van der Waals surface area contributed by atoms with Crippen molar-refractivity contribution >= 4 is 0 Å². The summed E-state index contributed by atoms with van der Waals surface area (Å²) in [5.41, 5.74) is 0. The summed E-state index contributed by atoms with van der Waals surface area (Å²) < 4.78 is 0. The van der Waals surface area contributed by atoms with Gasteiger partial charge in [-0.25, -0.2) is 0 Å². The van der Waals surface area contributed by atoms with Crippen LogP contribution < -0.4 is 0 Å². The fraction of sp³-hybridized carbons (Fsp3) is 1.00. The summed E-state index contributed by atoms with van der Waals surface area (Å²) in [5.74, 6) is 2.91. The van der Waals surface area contributed by atoms with Gasteiger partial charge in [0, 0.05) is 0 Å². The van der Waals surface area contributed by atoms with Crippen molar-refractivity contribution in [1.29, 1.82) is 0 Å². The lowest BCUT2D eigenvalue weighted by Crippen LogP contribution is -2.21. The molecule has 1 heteroatoms. The van der Waals surface area contributed by atoms with Crippen LogP contribution in [0.4, 0.5) is 0 Å². The number of aliphatic hydroxyl groups is 1. The summed E-state index contributed by atoms with van der Waals surface area (Å²) in [6.45, 7) is 4.57. The minimum absolute atomic E-state index is 0.0369. The molecular weight excluding hydrogens is 160 g/mol. The zero-order chi connectivity index (χ0) is 9.42. The second kappa shape index (κ2) is 3.61. The first-order valence-electron chi connectivity index (χ1n) is 5.88. The van der Waals surface area contributed by atoms with E-state index < -0.39 is 0 Å². The van der Waals surface area contributed by atoms with Crippen molar-refractivity contribution in [2.75, 3.05) is 0 Å². The highest BCUT2D eigenvalue weighted by molar-refractivity contribution is 4.96. The quantitative estimate of drug-likeness (QED) is 0.711. The Hall–Kier alpha value is -0.0400. The van der Waals surface area contributed by atoms with E-state index in [1.54, 1.807) is 0 Å². The molecule has 0 spiro atoms. The predicted octanol–water partition coefficient (Wildman–Crippen LogP) is 2.83. The molecule has 0 radical (unpaired) electrons. The Labute approximate surface area is 81.5 Å². The number of hydrogen-bond acceptors (Lipinski definition) is 1. The lowest BCUT2D eigenvalue weighted by atomic mass is 9.94. The smallest absolute Gasteiger partial charge is 0.0599 e. The zero-order valence-electron chi connectivity index (χ0n) is 8.87. The van der Waals surface area contributed by atoms with Crippen LogP contribution in [-0.4, -0.2) is 11.2 Å². The third-order valence-electron chi connectivity index (χ3n) is 4.07. The maximum absolute atomic E-state index is 10.1. The minimum atomic E-state index is 0.0369. The van der Waals surface area contributed by atoms with E-state index in [0.29, 0.717) is 11.8 Å². The van der Waals surface area contributed by atoms with Crippen molar-refractivity contribution in [2.45, 2.75) is 52.1 Å². The molecule has 0 aromatic heterocycles. The molecule has 3 atom stereocenters. The molecule has 76 valence electrons. The molecule has 2 aliphatic rings. The molecule has 0 saturated heterocycles. The van der Waals surface area contributed by atoms with Gasteiger partial charge >= 0.3 is 0 Å². The number of hydrogen-bond donors (Lipinski definition) is 1. The summed E-state index contributed by atoms with van der Waals surface area (Å²) in [5, 5.41) is 10.1. The Balaban J connectivity index is 1.81. The molecule has 0 heterocycles. The molecule has 0 amide bonds. The van der Waals surface area contributed by atoms with Gasteiger partial charge in [-0.2, -0.15) is 0 Å². The fourth-order valence-corrected chi connectivity index (χ4v) is 3.04. The second-order valence-electron chi connectivity index (χ2n) is 5.34. The van der Waals surface area contributed by atoms with Gasteiger partial charge in [-0.1, -0.05) is 26.7 Å². The van der Waals surface area contributed by atoms with Crippen molar-refractivity contribution in [2.24, 2.45) is 23.7 Å². The van der Waals surface area contributed by atoms with Crippen LogP contribution in [0.25, 0.3) is 0 Å². The molecule has 2 saturated carbocycles. The standard InChI is InChI=1S/C12H22O/c1-8(2)10-7-11(10)12(13)9-5-3-4-6-9/h8-13H,3-7H2,1-2H3/t10-,11+,12?/m0/s1. The Morgan fingerprint density at radius 2 is 1.69 bits per heavy atom. The SMILES string of the molecule is CC(C)[C@@H]1C[C@H]1C(O)C1CCCC1. The van der Waals surface area contributed by atoms with E-state index in [2.05, 4.69) is 13.8 Å². The predicted molar refractivity (Wildman–Crippen MR) is 54.4 cm³/mol. The highest BCUT2D eigenvalue weighted by Gasteiger charge is 2.46. The molecule has 1 unspecified atom stereocenters. The Morgan fingerprint density at radius 1 is 1.08 bits per heavy atom. The Kier molecular flexibility index (Phi) is 2.64. The first-order chi connectivity index (χ1) is 6.20. The van der Waals surface area contributed by atoms with E-state index in [-0.39, 0.29) is 6.10 Å². The lowest BCUT2D eigenvalue weighted by molar-refractivity contribution is 0.0812. The first kappa shape index (κ1) is 9.51. The topological polar surface area (TPSA) is 20.2 Å². The van der Waals surface area contributed by atoms with Gasteiger partial charge < -0.3 is 5.11 Å². The maximum atomic E-state index is 10.1. The molecule has 2 rings (SSSR count). The highest BCUT2D eigenvalue weighted by Crippen LogP contribution is 2.49. The van der Waals surface area contributed by atoms with E-state index in [4.69, 9.17) is 0 Å². The van der Waals surface area contributed by atoms with Gasteiger partial charge in [-0.05, 0) is 42.9 Å². The van der Waals surface area contributed by atoms with Gasteiger partial charge in [0.2, 0.25) is 0 Å². The van der Waals surface area contributed by atoms with Crippen molar-refractivity contribution in [3.05, 3.63) is 0 Å². The molecule has 13 heavy (non-hydrogen) atoms. The third kappa shape index (κ3) is 1.90. The summed E-state index contributed by atoms with van der Waals surface area (Å²) in [6.07, 6.45) is 6.58. The summed E-state index contributed by atoms with van der Waals surface area (Å²) in [7, 11) is 0. The normalized spacial score (nSPS) is 36.9. The Morgan fingerprint density at radius 3 is 2.15 bits per heavy atom. The van der Waals surface area contributed by atoms with Crippen molar-refractivity contribution in [3.63, 3.8) is 0 Å². The summed E-state index contributed by atoms with van der Waals surface area (Å²) >= 11 is 0. The largest absolute Gasteiger partial charge is 0.393 e. The highest BCUT2D eigenvalue weighted by atomic mass is 16.3. The molecule has 2 aliphatic carbocycles. The molecule has 0 aliphatic heterocycles. The Bertz CT molecular complexity index is 170. The molecule has 1 nitrogen and oxygen atoms in total. The molecule has 2 fully saturated rings. The number of aliphatic hydroxyl groups excluding tert-OH is 1. The van der Waals surface area contributed by atoms with Crippen molar-refractivity contribution in [1.82, 2.24) is 0 Å². The van der Waals surface area contributed by atoms with E-state index in [1.165, 1.54) is 32.1 Å². The van der Waals surface area contributed by atoms with Gasteiger partial charge in [0.25, 0.3) is 0 Å². The first-order valence-corrected chi connectivity index (χ1v) is 5.88. The van der Waals surface area contributed by atoms with Gasteiger partial charge in [0.1, 0.15) is 0 Å². The minimum Gasteiger partial charge on any atom is -0.393 e. The maximum Gasteiger partial charge on any atom is 0.0599 e. The average molecular weight is 182 g/mol. The molecule has 0 aromatic carbocycles. The third-order valence-corrected chi connectivity index (χ3v) is 4.07. The average Bonchev–Trinajstić information content (AvgIpc) is 2.72. The van der Waals surface area contributed by atoms with Crippen LogP contribution in [0.1, 0.15) is 46.0 Å². The molecule has 1 N–H and O–H groups in total. The molecule has 0 bridgehead atoms. The van der Waals surface area contributed by atoms with Gasteiger partial charge in [-0.3, -0.25) is 0 Å². The molecule has 0 aromatic rings. The van der Waals surface area contributed by atoms with E-state index in [9.17, 15) is 5.11 Å². The van der Waals surface area contributed by atoms with Crippen LogP contribution in [0.5, 0.6) is 0 Å². The van der Waals surface area contributed by atoms with E-state index in [0.717, 1.165) is 11.8 Å². The lowest BCUT2D eigenvalue weighted by Gasteiger charge is -2.18. The summed E-state index contributed by atoms with van der Waals surface area (Å²) in [4.78, 5) is 0. The zero-order valence-corrected chi connectivity index (χ0v) is 8.87. The van der Waals surface area contributed by atoms with Crippen molar-refractivity contribution in [3.8, 4) is 0 Å². The number of rotatable bonds is 3. The van der Waals surface area contributed by atoms with E-state index >= 15 is 0 Å². The van der Waals surface area contributed by atoms with Crippen LogP contribution in [-0.2, 0) is 0 Å². The van der Waals surface area contributed by atoms with E-state index in [1.807, 2.05) is 0 Å². The summed E-state index contributed by atoms with van der Waals surface area (Å²) in [6, 6.07) is 0. The van der Waals surface area contributed by atoms with Crippen LogP contribution in [0.3, 0.4) is 0 Å². The van der Waals surface area contributed by atoms with Crippen LogP contribution in [0.15, 0.2) is 0 Å². The van der Waals surface area contributed by atoms with Gasteiger partial charge in [-0.15, -0.1) is 0 Å². The molecular formula is C12H22O. The van der Waals surface area contributed by atoms with Crippen molar-refractivity contribution < 1.29 is 5.11 Å². The second-order valence-corrected chi connectivity index (χ2v) is 5.34. The van der Waals surface area contributed by atoms with Crippen LogP contribution in [0, 0.1) is 23.7 Å². The fourth-order valence-electron chi connectivity index (χ4n) is 3.04. The van der Waals surface area contributed by atoms with Gasteiger partial charge in [0.15, 0.2) is 0 Å².